The van der Waals surface area contributed by atoms with Crippen molar-refractivity contribution in [3.05, 3.63) is 70.3 Å². The molecule has 0 saturated carbocycles. The number of anilines is 1. The van der Waals surface area contributed by atoms with E-state index >= 15 is 0 Å². The zero-order valence-corrected chi connectivity index (χ0v) is 25.3. The third-order valence-electron chi connectivity index (χ3n) is 7.35. The van der Waals surface area contributed by atoms with E-state index in [4.69, 9.17) is 14.5 Å². The lowest BCUT2D eigenvalue weighted by Crippen LogP contribution is -2.49. The van der Waals surface area contributed by atoms with Crippen molar-refractivity contribution in [1.29, 1.82) is 0 Å². The highest BCUT2D eigenvalue weighted by atomic mass is 16.6. The molecule has 3 heterocycles. The first kappa shape index (κ1) is 29.2. The Hall–Kier alpha value is -4.34. The lowest BCUT2D eigenvalue weighted by molar-refractivity contribution is 0.0499. The molecule has 1 atom stereocenters. The molecule has 2 aromatic heterocycles. The second-order valence-electron chi connectivity index (χ2n) is 12.1. The van der Waals surface area contributed by atoms with Crippen LogP contribution in [-0.4, -0.2) is 57.0 Å². The number of alkyl carbamates (subject to hydrolysis) is 1. The van der Waals surface area contributed by atoms with Crippen LogP contribution in [0.3, 0.4) is 0 Å². The van der Waals surface area contributed by atoms with Crippen molar-refractivity contribution in [2.75, 3.05) is 25.1 Å². The minimum Gasteiger partial charge on any atom is -0.496 e. The number of imidazole rings is 1. The Bertz CT molecular complexity index is 1690. The molecular weight excluding hydrogens is 532 g/mol. The predicted molar refractivity (Wildman–Crippen MR) is 165 cm³/mol. The maximum absolute atomic E-state index is 14.0. The maximum atomic E-state index is 14.0. The number of nitrogens with one attached hydrogen (secondary N) is 1. The summed E-state index contributed by atoms with van der Waals surface area (Å²) in [5.74, 6) is 1.47. The van der Waals surface area contributed by atoms with Gasteiger partial charge in [0.1, 0.15) is 17.7 Å². The first-order chi connectivity index (χ1) is 20.0. The minimum absolute atomic E-state index is 0.0988. The molecule has 0 spiro atoms. The van der Waals surface area contributed by atoms with Gasteiger partial charge in [-0.3, -0.25) is 9.36 Å². The van der Waals surface area contributed by atoms with Crippen LogP contribution >= 0.6 is 0 Å². The van der Waals surface area contributed by atoms with Gasteiger partial charge in [0.05, 0.1) is 13.7 Å². The number of allylic oxidation sites excluding steroid dienone is 2. The molecule has 42 heavy (non-hydrogen) atoms. The van der Waals surface area contributed by atoms with Gasteiger partial charge in [0.15, 0.2) is 11.2 Å². The standard InChI is InChI=1S/C32H40N6O4/c1-21(2)15-17-38-27-28(35-30(38)36-16-9-10-23(19-36)34-31(40)42-32(3,4)5)33-20-37(29(27)39)18-22-13-14-26(41-6)25-12-8-7-11-24(22)25/h7-8,11-15,20,23H,9-10,16-19H2,1-6H3,(H,34,40). The third-order valence-corrected chi connectivity index (χ3v) is 7.35. The van der Waals surface area contributed by atoms with E-state index in [1.165, 1.54) is 0 Å². The molecule has 10 nitrogen and oxygen atoms in total. The zero-order chi connectivity index (χ0) is 30.0. The quantitative estimate of drug-likeness (QED) is 0.301. The van der Waals surface area contributed by atoms with Gasteiger partial charge in [-0.05, 0) is 64.5 Å². The van der Waals surface area contributed by atoms with Crippen molar-refractivity contribution in [3.63, 3.8) is 0 Å². The molecule has 5 rings (SSSR count). The Labute approximate surface area is 246 Å². The van der Waals surface area contributed by atoms with Crippen LogP contribution in [0.15, 0.2) is 59.2 Å². The van der Waals surface area contributed by atoms with Gasteiger partial charge in [-0.2, -0.15) is 4.98 Å². The first-order valence-corrected chi connectivity index (χ1v) is 14.4. The predicted octanol–water partition coefficient (Wildman–Crippen LogP) is 5.26. The maximum Gasteiger partial charge on any atom is 0.407 e. The van der Waals surface area contributed by atoms with Crippen molar-refractivity contribution >= 4 is 34.0 Å². The van der Waals surface area contributed by atoms with Crippen LogP contribution in [0.4, 0.5) is 10.7 Å². The molecule has 0 bridgehead atoms. The van der Waals surface area contributed by atoms with Gasteiger partial charge < -0.3 is 24.3 Å². The van der Waals surface area contributed by atoms with Gasteiger partial charge >= 0.3 is 6.09 Å². The molecule has 1 amide bonds. The van der Waals surface area contributed by atoms with Crippen LogP contribution in [-0.2, 0) is 17.8 Å². The van der Waals surface area contributed by atoms with Crippen LogP contribution < -0.4 is 20.5 Å². The van der Waals surface area contributed by atoms with Gasteiger partial charge in [-0.15, -0.1) is 0 Å². The van der Waals surface area contributed by atoms with Crippen molar-refractivity contribution in [1.82, 2.24) is 24.4 Å². The molecule has 0 aliphatic carbocycles. The van der Waals surface area contributed by atoms with Crippen LogP contribution in [0.1, 0.15) is 53.0 Å². The van der Waals surface area contributed by atoms with Crippen LogP contribution in [0.25, 0.3) is 21.9 Å². The topological polar surface area (TPSA) is 104 Å². The molecule has 4 aromatic rings. The molecule has 2 aromatic carbocycles. The number of aromatic nitrogens is 4. The van der Waals surface area contributed by atoms with Crippen LogP contribution in [0.2, 0.25) is 0 Å². The Balaban J connectivity index is 1.51. The van der Waals surface area contributed by atoms with E-state index in [0.717, 1.165) is 47.0 Å². The summed E-state index contributed by atoms with van der Waals surface area (Å²) in [5, 5.41) is 5.03. The monoisotopic (exact) mass is 572 g/mol. The summed E-state index contributed by atoms with van der Waals surface area (Å²) in [6.45, 7) is 11.8. The Morgan fingerprint density at radius 3 is 2.62 bits per heavy atom. The smallest absolute Gasteiger partial charge is 0.407 e. The fraction of sp³-hybridized carbons (Fsp3) is 0.438. The number of methoxy groups -OCH3 is 1. The van der Waals surface area contributed by atoms with Gasteiger partial charge in [-0.25, -0.2) is 9.78 Å². The number of carbonyl (C=O) groups is 1. The molecule has 1 saturated heterocycles. The molecule has 0 radical (unpaired) electrons. The summed E-state index contributed by atoms with van der Waals surface area (Å²) in [5.41, 5.74) is 2.29. The molecule has 10 heteroatoms. The van der Waals surface area contributed by atoms with E-state index in [0.29, 0.717) is 36.7 Å². The van der Waals surface area contributed by atoms with Gasteiger partial charge in [0.25, 0.3) is 5.56 Å². The number of ether oxygens (including phenoxy) is 2. The van der Waals surface area contributed by atoms with Crippen molar-refractivity contribution < 1.29 is 14.3 Å². The fourth-order valence-electron chi connectivity index (χ4n) is 5.43. The van der Waals surface area contributed by atoms with E-state index < -0.39 is 11.7 Å². The van der Waals surface area contributed by atoms with Gasteiger partial charge in [-0.1, -0.05) is 42.0 Å². The summed E-state index contributed by atoms with van der Waals surface area (Å²) in [6, 6.07) is 11.9. The van der Waals surface area contributed by atoms with Crippen LogP contribution in [0, 0.1) is 0 Å². The van der Waals surface area contributed by atoms with Crippen molar-refractivity contribution in [2.24, 2.45) is 0 Å². The number of piperidine rings is 1. The number of carbonyl (C=O) groups excluding carboxylic acids is 1. The number of nitrogens with zero attached hydrogens (tertiary/aromatic N) is 5. The largest absolute Gasteiger partial charge is 0.496 e. The highest BCUT2D eigenvalue weighted by Crippen LogP contribution is 2.29. The zero-order valence-electron chi connectivity index (χ0n) is 25.3. The minimum atomic E-state index is -0.569. The van der Waals surface area contributed by atoms with Gasteiger partial charge in [0, 0.05) is 31.1 Å². The average Bonchev–Trinajstić information content (AvgIpc) is 3.32. The molecule has 1 unspecified atom stereocenters. The van der Waals surface area contributed by atoms with Crippen LogP contribution in [0.5, 0.6) is 5.75 Å². The van der Waals surface area contributed by atoms with E-state index in [1.807, 2.05) is 75.6 Å². The third kappa shape index (κ3) is 6.27. The Morgan fingerprint density at radius 1 is 1.14 bits per heavy atom. The lowest BCUT2D eigenvalue weighted by Gasteiger charge is -2.34. The number of hydrogen-bond acceptors (Lipinski definition) is 7. The summed E-state index contributed by atoms with van der Waals surface area (Å²) in [6.07, 6.45) is 4.94. The van der Waals surface area contributed by atoms with Crippen molar-refractivity contribution in [3.8, 4) is 5.75 Å². The van der Waals surface area contributed by atoms with Crippen molar-refractivity contribution in [2.45, 2.75) is 72.2 Å². The van der Waals surface area contributed by atoms with E-state index in [9.17, 15) is 9.59 Å². The Morgan fingerprint density at radius 2 is 1.90 bits per heavy atom. The second kappa shape index (κ2) is 11.9. The van der Waals surface area contributed by atoms with E-state index in [1.54, 1.807) is 18.0 Å². The highest BCUT2D eigenvalue weighted by Gasteiger charge is 2.28. The summed E-state index contributed by atoms with van der Waals surface area (Å²) in [4.78, 5) is 38.1. The molecular formula is C32H40N6O4. The van der Waals surface area contributed by atoms with E-state index in [-0.39, 0.29) is 11.6 Å². The number of benzene rings is 2. The fourth-order valence-corrected chi connectivity index (χ4v) is 5.43. The number of hydrogen-bond donors (Lipinski definition) is 1. The normalized spacial score (nSPS) is 15.6. The number of fused-ring (bicyclic) bond motifs is 2. The number of amides is 1. The summed E-state index contributed by atoms with van der Waals surface area (Å²) < 4.78 is 14.6. The molecule has 222 valence electrons. The highest BCUT2D eigenvalue weighted by molar-refractivity contribution is 5.91. The van der Waals surface area contributed by atoms with Gasteiger partial charge in [0.2, 0.25) is 5.95 Å². The molecule has 1 fully saturated rings. The first-order valence-electron chi connectivity index (χ1n) is 14.4. The SMILES string of the molecule is COc1ccc(Cn2cnc3nc(N4CCCC(NC(=O)OC(C)(C)C)C4)n(CC=C(C)C)c3c2=O)c2ccccc12. The Kier molecular flexibility index (Phi) is 8.24. The van der Waals surface area contributed by atoms with E-state index in [2.05, 4.69) is 21.3 Å². The molecule has 1 aliphatic heterocycles. The summed E-state index contributed by atoms with van der Waals surface area (Å²) >= 11 is 0. The average molecular weight is 573 g/mol. The molecule has 1 aliphatic rings. The lowest BCUT2D eigenvalue weighted by atomic mass is 10.0. The summed E-state index contributed by atoms with van der Waals surface area (Å²) in [7, 11) is 1.66. The molecule has 1 N–H and O–H groups in total. The number of rotatable bonds is 7. The second-order valence-corrected chi connectivity index (χ2v) is 12.1.